The van der Waals surface area contributed by atoms with Gasteiger partial charge in [0.05, 0.1) is 19.3 Å². The third-order valence-electron chi connectivity index (χ3n) is 3.60. The fourth-order valence-corrected chi connectivity index (χ4v) is 2.59. The van der Waals surface area contributed by atoms with Crippen molar-refractivity contribution in [3.05, 3.63) is 28.8 Å². The van der Waals surface area contributed by atoms with E-state index in [1.165, 1.54) is 16.7 Å². The van der Waals surface area contributed by atoms with E-state index in [1.807, 2.05) is 0 Å². The molecule has 0 spiro atoms. The molecule has 1 fully saturated rings. The summed E-state index contributed by atoms with van der Waals surface area (Å²) in [6.45, 7) is 8.64. The highest BCUT2D eigenvalue weighted by molar-refractivity contribution is 5.45. The first-order valence-corrected chi connectivity index (χ1v) is 6.33. The highest BCUT2D eigenvalue weighted by atomic mass is 16.6. The van der Waals surface area contributed by atoms with E-state index in [0.717, 1.165) is 12.2 Å². The summed E-state index contributed by atoms with van der Waals surface area (Å²) in [6.07, 6.45) is 1.96. The minimum Gasteiger partial charge on any atom is -0.496 e. The second-order valence-corrected chi connectivity index (χ2v) is 5.22. The summed E-state index contributed by atoms with van der Waals surface area (Å²) in [5, 5.41) is 0. The van der Waals surface area contributed by atoms with E-state index in [2.05, 4.69) is 39.8 Å². The molecule has 2 heteroatoms. The molecule has 3 unspecified atom stereocenters. The Morgan fingerprint density at radius 1 is 1.35 bits per heavy atom. The molecule has 17 heavy (non-hydrogen) atoms. The summed E-state index contributed by atoms with van der Waals surface area (Å²) in [6, 6.07) is 4.41. The molecular formula is C15H22O2. The lowest BCUT2D eigenvalue weighted by Crippen LogP contribution is -2.04. The molecule has 1 aliphatic rings. The molecule has 3 atom stereocenters. The number of rotatable bonds is 4. The molecule has 1 aromatic rings. The average Bonchev–Trinajstić information content (AvgIpc) is 2.93. The fraction of sp³-hybridized carbons (Fsp3) is 0.600. The molecule has 2 nitrogen and oxygen atoms in total. The number of benzene rings is 1. The molecule has 0 saturated carbocycles. The quantitative estimate of drug-likeness (QED) is 0.743. The van der Waals surface area contributed by atoms with Gasteiger partial charge in [-0.3, -0.25) is 0 Å². The van der Waals surface area contributed by atoms with Crippen molar-refractivity contribution in [2.45, 2.75) is 52.2 Å². The van der Waals surface area contributed by atoms with Gasteiger partial charge in [0.2, 0.25) is 0 Å². The fourth-order valence-electron chi connectivity index (χ4n) is 2.59. The van der Waals surface area contributed by atoms with Crippen LogP contribution in [-0.2, 0) is 4.74 Å². The zero-order chi connectivity index (χ0) is 12.6. The molecule has 2 rings (SSSR count). The minimum atomic E-state index is 0.439. The lowest BCUT2D eigenvalue weighted by molar-refractivity contribution is 0.358. The van der Waals surface area contributed by atoms with Gasteiger partial charge in [-0.1, -0.05) is 24.6 Å². The van der Waals surface area contributed by atoms with Crippen molar-refractivity contribution < 1.29 is 9.47 Å². The van der Waals surface area contributed by atoms with E-state index >= 15 is 0 Å². The van der Waals surface area contributed by atoms with E-state index in [9.17, 15) is 0 Å². The molecule has 94 valence electrons. The molecule has 0 aromatic heterocycles. The topological polar surface area (TPSA) is 21.8 Å². The Labute approximate surface area is 104 Å². The van der Waals surface area contributed by atoms with Crippen molar-refractivity contribution in [3.63, 3.8) is 0 Å². The largest absolute Gasteiger partial charge is 0.496 e. The van der Waals surface area contributed by atoms with Crippen LogP contribution in [0.2, 0.25) is 0 Å². The Kier molecular flexibility index (Phi) is 3.43. The van der Waals surface area contributed by atoms with Gasteiger partial charge in [0.25, 0.3) is 0 Å². The van der Waals surface area contributed by atoms with Crippen LogP contribution in [0.3, 0.4) is 0 Å². The molecular weight excluding hydrogens is 212 g/mol. The minimum absolute atomic E-state index is 0.439. The maximum atomic E-state index is 5.54. The number of methoxy groups -OCH3 is 1. The maximum absolute atomic E-state index is 5.54. The van der Waals surface area contributed by atoms with Crippen LogP contribution in [-0.4, -0.2) is 19.3 Å². The predicted octanol–water partition coefficient (Wildman–Crippen LogP) is 3.59. The van der Waals surface area contributed by atoms with Crippen LogP contribution in [0.15, 0.2) is 12.1 Å². The zero-order valence-electron chi connectivity index (χ0n) is 11.4. The Bertz CT molecular complexity index is 412. The van der Waals surface area contributed by atoms with Crippen molar-refractivity contribution in [1.82, 2.24) is 0 Å². The molecule has 0 radical (unpaired) electrons. The lowest BCUT2D eigenvalue weighted by atomic mass is 9.91. The molecule has 0 bridgehead atoms. The van der Waals surface area contributed by atoms with Crippen molar-refractivity contribution in [2.75, 3.05) is 7.11 Å². The number of ether oxygens (including phenoxy) is 2. The number of epoxide rings is 1. The number of hydrogen-bond donors (Lipinski definition) is 0. The van der Waals surface area contributed by atoms with Gasteiger partial charge >= 0.3 is 0 Å². The smallest absolute Gasteiger partial charge is 0.125 e. The van der Waals surface area contributed by atoms with Gasteiger partial charge < -0.3 is 9.47 Å². The van der Waals surface area contributed by atoms with Gasteiger partial charge in [-0.15, -0.1) is 0 Å². The SMILES string of the molecule is COc1c(C)cc(C)cc1C(C)CC1OC1C. The number of hydrogen-bond acceptors (Lipinski definition) is 2. The summed E-state index contributed by atoms with van der Waals surface area (Å²) in [7, 11) is 1.75. The normalized spacial score (nSPS) is 24.5. The van der Waals surface area contributed by atoms with E-state index in [1.54, 1.807) is 7.11 Å². The summed E-state index contributed by atoms with van der Waals surface area (Å²) in [4.78, 5) is 0. The van der Waals surface area contributed by atoms with Crippen LogP contribution in [0.25, 0.3) is 0 Å². The van der Waals surface area contributed by atoms with E-state index in [0.29, 0.717) is 18.1 Å². The molecule has 1 saturated heterocycles. The van der Waals surface area contributed by atoms with Crippen molar-refractivity contribution in [1.29, 1.82) is 0 Å². The second kappa shape index (κ2) is 4.69. The highest BCUT2D eigenvalue weighted by Crippen LogP contribution is 2.37. The van der Waals surface area contributed by atoms with Gasteiger partial charge in [-0.2, -0.15) is 0 Å². The molecule has 1 aliphatic heterocycles. The van der Waals surface area contributed by atoms with Crippen LogP contribution in [0.4, 0.5) is 0 Å². The Balaban J connectivity index is 2.23. The first-order valence-electron chi connectivity index (χ1n) is 6.33. The zero-order valence-corrected chi connectivity index (χ0v) is 11.4. The Hall–Kier alpha value is -1.02. The van der Waals surface area contributed by atoms with E-state index in [-0.39, 0.29) is 0 Å². The summed E-state index contributed by atoms with van der Waals surface area (Å²) in [5.41, 5.74) is 3.83. The molecule has 0 amide bonds. The maximum Gasteiger partial charge on any atom is 0.125 e. The van der Waals surface area contributed by atoms with Crippen molar-refractivity contribution >= 4 is 0 Å². The third-order valence-corrected chi connectivity index (χ3v) is 3.60. The third kappa shape index (κ3) is 2.63. The lowest BCUT2D eigenvalue weighted by Gasteiger charge is -2.18. The van der Waals surface area contributed by atoms with Gasteiger partial charge in [0.1, 0.15) is 5.75 Å². The number of aryl methyl sites for hydroxylation is 2. The van der Waals surface area contributed by atoms with Gasteiger partial charge in [-0.05, 0) is 44.2 Å². The first-order chi connectivity index (χ1) is 8.02. The van der Waals surface area contributed by atoms with Crippen molar-refractivity contribution in [2.24, 2.45) is 0 Å². The highest BCUT2D eigenvalue weighted by Gasteiger charge is 2.35. The Morgan fingerprint density at radius 2 is 2.00 bits per heavy atom. The van der Waals surface area contributed by atoms with E-state index < -0.39 is 0 Å². The second-order valence-electron chi connectivity index (χ2n) is 5.22. The van der Waals surface area contributed by atoms with Crippen LogP contribution in [0.1, 0.15) is 42.9 Å². The van der Waals surface area contributed by atoms with Gasteiger partial charge in [0, 0.05) is 0 Å². The van der Waals surface area contributed by atoms with Crippen LogP contribution in [0.5, 0.6) is 5.75 Å². The van der Waals surface area contributed by atoms with Crippen molar-refractivity contribution in [3.8, 4) is 5.75 Å². The van der Waals surface area contributed by atoms with Gasteiger partial charge in [0.15, 0.2) is 0 Å². The van der Waals surface area contributed by atoms with Crippen LogP contribution < -0.4 is 4.74 Å². The Morgan fingerprint density at radius 3 is 2.53 bits per heavy atom. The molecule has 1 aromatic carbocycles. The average molecular weight is 234 g/mol. The van der Waals surface area contributed by atoms with E-state index in [4.69, 9.17) is 9.47 Å². The summed E-state index contributed by atoms with van der Waals surface area (Å²) in [5.74, 6) is 1.52. The van der Waals surface area contributed by atoms with Gasteiger partial charge in [-0.25, -0.2) is 0 Å². The molecule has 0 aliphatic carbocycles. The van der Waals surface area contributed by atoms with Crippen LogP contribution >= 0.6 is 0 Å². The standard InChI is InChI=1S/C15H22O2/c1-9-6-11(3)15(16-5)13(7-9)10(2)8-14-12(4)17-14/h6-7,10,12,14H,8H2,1-5H3. The summed E-state index contributed by atoms with van der Waals surface area (Å²) < 4.78 is 11.0. The summed E-state index contributed by atoms with van der Waals surface area (Å²) >= 11 is 0. The first kappa shape index (κ1) is 12.4. The monoisotopic (exact) mass is 234 g/mol. The molecule has 0 N–H and O–H groups in total. The predicted molar refractivity (Wildman–Crippen MR) is 69.8 cm³/mol. The molecule has 1 heterocycles. The van der Waals surface area contributed by atoms with Crippen LogP contribution in [0, 0.1) is 13.8 Å².